The number of aromatic nitrogens is 2. The van der Waals surface area contributed by atoms with Gasteiger partial charge in [-0.1, -0.05) is 42.1 Å². The summed E-state index contributed by atoms with van der Waals surface area (Å²) in [5, 5.41) is 9.61. The van der Waals surface area contributed by atoms with Gasteiger partial charge in [-0.2, -0.15) is 9.57 Å². The molecule has 3 aliphatic rings. The van der Waals surface area contributed by atoms with E-state index in [-0.39, 0.29) is 40.2 Å². The third kappa shape index (κ3) is 5.98. The van der Waals surface area contributed by atoms with Gasteiger partial charge >= 0.3 is 0 Å². The molecule has 2 aromatic heterocycles. The van der Waals surface area contributed by atoms with E-state index in [4.69, 9.17) is 10.3 Å². The predicted octanol–water partition coefficient (Wildman–Crippen LogP) is 4.01. The number of hydrogen-bond acceptors (Lipinski definition) is 9. The van der Waals surface area contributed by atoms with Crippen molar-refractivity contribution in [1.29, 1.82) is 5.26 Å². The molecule has 1 saturated heterocycles. The smallest absolute Gasteiger partial charge is 0.257 e. The van der Waals surface area contributed by atoms with Crippen LogP contribution in [0.1, 0.15) is 27.0 Å². The molecule has 2 aromatic carbocycles. The summed E-state index contributed by atoms with van der Waals surface area (Å²) in [6.45, 7) is 0.611. The molecule has 0 radical (unpaired) electrons. The Bertz CT molecular complexity index is 1930. The van der Waals surface area contributed by atoms with Crippen LogP contribution < -0.4 is 0 Å². The fraction of sp³-hybridized carbons (Fsp3) is 0.257. The average Bonchev–Trinajstić information content (AvgIpc) is 3.43. The second-order valence-electron chi connectivity index (χ2n) is 12.0. The van der Waals surface area contributed by atoms with Gasteiger partial charge in [0.05, 0.1) is 22.3 Å². The highest BCUT2D eigenvalue weighted by molar-refractivity contribution is 8.14. The minimum atomic E-state index is -3.66. The summed E-state index contributed by atoms with van der Waals surface area (Å²) in [6.07, 6.45) is 7.42. The number of nitrogens with zero attached hydrogens (tertiary/aromatic N) is 6. The van der Waals surface area contributed by atoms with Crippen LogP contribution >= 0.6 is 11.8 Å². The highest BCUT2D eigenvalue weighted by atomic mass is 32.2. The van der Waals surface area contributed by atoms with E-state index in [0.717, 1.165) is 11.1 Å². The number of aliphatic imine (C=N–C) groups is 1. The quantitative estimate of drug-likeness (QED) is 0.233. The normalized spacial score (nSPS) is 21.6. The third-order valence-corrected chi connectivity index (χ3v) is 11.9. The highest BCUT2D eigenvalue weighted by Crippen LogP contribution is 2.53. The Kier molecular flexibility index (Phi) is 8.21. The van der Waals surface area contributed by atoms with Crippen LogP contribution in [0.3, 0.4) is 0 Å². The molecule has 4 aromatic rings. The second-order valence-corrected chi connectivity index (χ2v) is 14.9. The van der Waals surface area contributed by atoms with E-state index in [0.29, 0.717) is 42.2 Å². The van der Waals surface area contributed by atoms with Crippen molar-refractivity contribution in [3.05, 3.63) is 126 Å². The molecular weight excluding hydrogens is 633 g/mol. The van der Waals surface area contributed by atoms with E-state index in [1.54, 1.807) is 84.3 Å². The van der Waals surface area contributed by atoms with Crippen molar-refractivity contribution in [2.24, 2.45) is 16.8 Å². The Hall–Kier alpha value is -4.70. The number of rotatable bonds is 10. The standard InChI is InChI=1S/C35H30N6O4S2/c36-20-26-6-8-27(9-7-26)31(42)23-46-34-39-35(18-24-10-14-37-15-11-24,19-25-12-16-38-17-13-25)33(43)41(34)32-29-21-40(22-30(29)32)47(44,45)28-4-2-1-3-5-28/h1-17,29-30,32H,18-19,21-23H2/t29-,30+,32+. The van der Waals surface area contributed by atoms with Gasteiger partial charge in [-0.05, 0) is 59.7 Å². The summed E-state index contributed by atoms with van der Waals surface area (Å²) in [6, 6.07) is 24.2. The van der Waals surface area contributed by atoms with Gasteiger partial charge < -0.3 is 0 Å². The first kappa shape index (κ1) is 30.9. The summed E-state index contributed by atoms with van der Waals surface area (Å²) in [5.74, 6) is -0.348. The first-order valence-corrected chi connectivity index (χ1v) is 17.6. The Morgan fingerprint density at radius 1 is 0.872 bits per heavy atom. The van der Waals surface area contributed by atoms with Crippen LogP contribution in [0.2, 0.25) is 0 Å². The number of fused-ring (bicyclic) bond motifs is 1. The Morgan fingerprint density at radius 2 is 1.45 bits per heavy atom. The zero-order valence-corrected chi connectivity index (χ0v) is 26.8. The molecular formula is C35H30N6O4S2. The number of nitriles is 1. The molecule has 0 N–H and O–H groups in total. The van der Waals surface area contributed by atoms with Gasteiger partial charge in [-0.15, -0.1) is 0 Å². The first-order chi connectivity index (χ1) is 22.8. The lowest BCUT2D eigenvalue weighted by Crippen LogP contribution is -2.48. The number of sulfonamides is 1. The van der Waals surface area contributed by atoms with Crippen molar-refractivity contribution in [3.8, 4) is 6.07 Å². The number of amidine groups is 1. The molecule has 1 amide bonds. The van der Waals surface area contributed by atoms with Crippen molar-refractivity contribution in [1.82, 2.24) is 19.2 Å². The number of pyridine rings is 2. The van der Waals surface area contributed by atoms with E-state index in [9.17, 15) is 18.0 Å². The van der Waals surface area contributed by atoms with Crippen LogP contribution in [-0.4, -0.2) is 74.9 Å². The van der Waals surface area contributed by atoms with Crippen LogP contribution in [0.15, 0.2) is 114 Å². The first-order valence-electron chi connectivity index (χ1n) is 15.2. The lowest BCUT2D eigenvalue weighted by atomic mass is 9.85. The van der Waals surface area contributed by atoms with Gasteiger partial charge in [0, 0.05) is 74.2 Å². The summed E-state index contributed by atoms with van der Waals surface area (Å²) >= 11 is 1.23. The van der Waals surface area contributed by atoms with Gasteiger partial charge in [0.2, 0.25) is 10.0 Å². The molecule has 2 aliphatic heterocycles. The second kappa shape index (κ2) is 12.5. The lowest BCUT2D eigenvalue weighted by molar-refractivity contribution is -0.131. The Balaban J connectivity index is 1.19. The minimum Gasteiger partial charge on any atom is -0.293 e. The van der Waals surface area contributed by atoms with Crippen LogP contribution in [0, 0.1) is 23.2 Å². The topological polar surface area (TPSA) is 137 Å². The lowest BCUT2D eigenvalue weighted by Gasteiger charge is -2.29. The number of carbonyl (C=O) groups is 2. The molecule has 2 fully saturated rings. The van der Waals surface area contributed by atoms with Gasteiger partial charge in [0.15, 0.2) is 16.5 Å². The predicted molar refractivity (Wildman–Crippen MR) is 177 cm³/mol. The van der Waals surface area contributed by atoms with Gasteiger partial charge in [-0.3, -0.25) is 24.5 Å². The molecule has 1 aliphatic carbocycles. The van der Waals surface area contributed by atoms with Gasteiger partial charge in [-0.25, -0.2) is 13.4 Å². The van der Waals surface area contributed by atoms with Gasteiger partial charge in [0.1, 0.15) is 0 Å². The zero-order chi connectivity index (χ0) is 32.6. The fourth-order valence-electron chi connectivity index (χ4n) is 6.65. The third-order valence-electron chi connectivity index (χ3n) is 9.09. The van der Waals surface area contributed by atoms with E-state index < -0.39 is 15.6 Å². The number of Topliss-reactive ketones (excluding diaryl/α,β-unsaturated/α-hetero) is 1. The summed E-state index contributed by atoms with van der Waals surface area (Å²) in [7, 11) is -3.66. The number of amides is 1. The van der Waals surface area contributed by atoms with Crippen molar-refractivity contribution in [2.75, 3.05) is 18.8 Å². The monoisotopic (exact) mass is 662 g/mol. The SMILES string of the molecule is N#Cc1ccc(C(=O)CSC2=NC(Cc3ccncc3)(Cc3ccncc3)C(=O)N2[C@H]2[C@@H]3CN(S(=O)(=O)c4ccccc4)C[C@@H]32)cc1. The molecule has 7 rings (SSSR count). The number of piperidine rings is 1. The zero-order valence-electron chi connectivity index (χ0n) is 25.2. The summed E-state index contributed by atoms with van der Waals surface area (Å²) < 4.78 is 28.3. The number of ketones is 1. The van der Waals surface area contributed by atoms with Gasteiger partial charge in [0.25, 0.3) is 5.91 Å². The van der Waals surface area contributed by atoms with Crippen LogP contribution in [0.25, 0.3) is 0 Å². The summed E-state index contributed by atoms with van der Waals surface area (Å²) in [4.78, 5) is 43.5. The number of thioether (sulfide) groups is 1. The van der Waals surface area contributed by atoms with E-state index in [1.165, 1.54) is 16.1 Å². The van der Waals surface area contributed by atoms with E-state index in [1.807, 2.05) is 24.3 Å². The molecule has 4 heterocycles. The average molecular weight is 663 g/mol. The molecule has 12 heteroatoms. The highest BCUT2D eigenvalue weighted by Gasteiger charge is 2.65. The van der Waals surface area contributed by atoms with Crippen molar-refractivity contribution < 1.29 is 18.0 Å². The Labute approximate surface area is 277 Å². The van der Waals surface area contributed by atoms with Crippen LogP contribution in [0.4, 0.5) is 0 Å². The molecule has 0 bridgehead atoms. The molecule has 0 unspecified atom stereocenters. The van der Waals surface area contributed by atoms with Crippen molar-refractivity contribution >= 4 is 38.6 Å². The van der Waals surface area contributed by atoms with Crippen molar-refractivity contribution in [3.63, 3.8) is 0 Å². The summed E-state index contributed by atoms with van der Waals surface area (Å²) in [5.41, 5.74) is 1.57. The number of hydrogen-bond donors (Lipinski definition) is 0. The van der Waals surface area contributed by atoms with E-state index >= 15 is 0 Å². The molecule has 10 nitrogen and oxygen atoms in total. The molecule has 0 spiro atoms. The molecule has 3 atom stereocenters. The maximum Gasteiger partial charge on any atom is 0.257 e. The van der Waals surface area contributed by atoms with E-state index in [2.05, 4.69) is 16.0 Å². The number of carbonyl (C=O) groups excluding carboxylic acids is 2. The number of benzene rings is 2. The Morgan fingerprint density at radius 3 is 2.00 bits per heavy atom. The van der Waals surface area contributed by atoms with Crippen molar-refractivity contribution in [2.45, 2.75) is 29.3 Å². The maximum atomic E-state index is 14.8. The fourth-order valence-corrected chi connectivity index (χ4v) is 9.20. The molecule has 236 valence electrons. The van der Waals surface area contributed by atoms with Crippen LogP contribution in [-0.2, 0) is 27.7 Å². The maximum absolute atomic E-state index is 14.8. The molecule has 47 heavy (non-hydrogen) atoms. The largest absolute Gasteiger partial charge is 0.293 e. The molecule has 1 saturated carbocycles. The van der Waals surface area contributed by atoms with Crippen LogP contribution in [0.5, 0.6) is 0 Å². The minimum absolute atomic E-state index is 0.0462.